The number of fused-ring (bicyclic) bond motifs is 1. The van der Waals surface area contributed by atoms with Crippen LogP contribution in [0.3, 0.4) is 0 Å². The third-order valence-electron chi connectivity index (χ3n) is 2.45. The largest absolute Gasteiger partial charge is 0.486 e. The van der Waals surface area contributed by atoms with E-state index in [-0.39, 0.29) is 18.9 Å². The number of hydrogen-bond acceptors (Lipinski definition) is 5. The third kappa shape index (κ3) is 1.67. The second-order valence-corrected chi connectivity index (χ2v) is 3.53. The molecule has 0 saturated heterocycles. The Morgan fingerprint density at radius 1 is 1.62 bits per heavy atom. The second kappa shape index (κ2) is 3.97. The summed E-state index contributed by atoms with van der Waals surface area (Å²) >= 11 is 0. The summed E-state index contributed by atoms with van der Waals surface area (Å²) in [6, 6.07) is 2.89. The van der Waals surface area contributed by atoms with Crippen LogP contribution in [0.5, 0.6) is 11.5 Å². The topological polar surface area (TPSA) is 81.8 Å². The number of hydrogen-bond donors (Lipinski definition) is 1. The Kier molecular flexibility index (Phi) is 2.66. The number of aliphatic hydroxyl groups is 1. The zero-order chi connectivity index (χ0) is 11.7. The van der Waals surface area contributed by atoms with Gasteiger partial charge in [0.25, 0.3) is 5.69 Å². The van der Waals surface area contributed by atoms with Crippen LogP contribution in [0.4, 0.5) is 5.69 Å². The molecule has 1 N–H and O–H groups in total. The van der Waals surface area contributed by atoms with Crippen LogP contribution in [0.25, 0.3) is 0 Å². The fourth-order valence-corrected chi connectivity index (χ4v) is 1.59. The first-order valence-electron chi connectivity index (χ1n) is 4.81. The summed E-state index contributed by atoms with van der Waals surface area (Å²) in [4.78, 5) is 10.2. The van der Waals surface area contributed by atoms with E-state index in [9.17, 15) is 10.1 Å². The van der Waals surface area contributed by atoms with Crippen LogP contribution in [-0.4, -0.2) is 29.3 Å². The highest BCUT2D eigenvalue weighted by Crippen LogP contribution is 2.39. The van der Waals surface area contributed by atoms with Gasteiger partial charge in [0.15, 0.2) is 17.6 Å². The lowest BCUT2D eigenvalue weighted by atomic mass is 10.1. The number of rotatable bonds is 2. The van der Waals surface area contributed by atoms with Crippen molar-refractivity contribution in [3.8, 4) is 11.5 Å². The van der Waals surface area contributed by atoms with Crippen LogP contribution >= 0.6 is 0 Å². The molecule has 0 fully saturated rings. The van der Waals surface area contributed by atoms with E-state index < -0.39 is 11.0 Å². The Hall–Kier alpha value is -1.82. The van der Waals surface area contributed by atoms with Crippen molar-refractivity contribution >= 4 is 5.69 Å². The van der Waals surface area contributed by atoms with E-state index >= 15 is 0 Å². The maximum Gasteiger partial charge on any atom is 0.276 e. The Labute approximate surface area is 91.6 Å². The average molecular weight is 225 g/mol. The lowest BCUT2D eigenvalue weighted by Crippen LogP contribution is -2.32. The first kappa shape index (κ1) is 10.7. The molecule has 1 aliphatic rings. The molecule has 0 radical (unpaired) electrons. The van der Waals surface area contributed by atoms with E-state index in [0.717, 1.165) is 0 Å². The minimum Gasteiger partial charge on any atom is -0.486 e. The van der Waals surface area contributed by atoms with E-state index in [0.29, 0.717) is 17.1 Å². The number of nitro groups is 1. The summed E-state index contributed by atoms with van der Waals surface area (Å²) in [7, 11) is 0. The third-order valence-corrected chi connectivity index (χ3v) is 2.45. The smallest absolute Gasteiger partial charge is 0.276 e. The quantitative estimate of drug-likeness (QED) is 0.600. The zero-order valence-electron chi connectivity index (χ0n) is 8.67. The highest BCUT2D eigenvalue weighted by atomic mass is 16.6. The molecule has 0 aliphatic carbocycles. The van der Waals surface area contributed by atoms with Crippen LogP contribution in [0.2, 0.25) is 0 Å². The van der Waals surface area contributed by atoms with Crippen LogP contribution in [-0.2, 0) is 0 Å². The first-order valence-corrected chi connectivity index (χ1v) is 4.81. The van der Waals surface area contributed by atoms with Gasteiger partial charge < -0.3 is 14.6 Å². The van der Waals surface area contributed by atoms with Gasteiger partial charge in [-0.1, -0.05) is 0 Å². The number of nitro benzene ring substituents is 1. The molecule has 6 nitrogen and oxygen atoms in total. The van der Waals surface area contributed by atoms with Crippen molar-refractivity contribution in [2.45, 2.75) is 13.0 Å². The van der Waals surface area contributed by atoms with Crippen LogP contribution in [0.15, 0.2) is 12.1 Å². The summed E-state index contributed by atoms with van der Waals surface area (Å²) in [6.45, 7) is 1.67. The van der Waals surface area contributed by atoms with Gasteiger partial charge in [-0.15, -0.1) is 0 Å². The fourth-order valence-electron chi connectivity index (χ4n) is 1.59. The number of ether oxygens (including phenoxy) is 2. The number of aliphatic hydroxyl groups excluding tert-OH is 1. The van der Waals surface area contributed by atoms with E-state index in [1.165, 1.54) is 12.1 Å². The predicted octanol–water partition coefficient (Wildman–Crippen LogP) is 1.04. The standard InChI is InChI=1S/C10H11NO5/c1-6-8(11(13)14)2-3-9-10(6)16-7(4-12)5-15-9/h2-3,7,12H,4-5H2,1H3. The molecule has 0 amide bonds. The molecule has 6 heteroatoms. The zero-order valence-corrected chi connectivity index (χ0v) is 8.67. The molecule has 16 heavy (non-hydrogen) atoms. The van der Waals surface area contributed by atoms with Gasteiger partial charge in [0.2, 0.25) is 0 Å². The molecule has 1 heterocycles. The molecule has 0 spiro atoms. The van der Waals surface area contributed by atoms with Gasteiger partial charge in [0, 0.05) is 6.07 Å². The van der Waals surface area contributed by atoms with Crippen molar-refractivity contribution in [3.05, 3.63) is 27.8 Å². The summed E-state index contributed by atoms with van der Waals surface area (Å²) in [5, 5.41) is 19.7. The molecule has 0 bridgehead atoms. The number of nitrogens with zero attached hydrogens (tertiary/aromatic N) is 1. The maximum absolute atomic E-state index is 10.7. The lowest BCUT2D eigenvalue weighted by molar-refractivity contribution is -0.385. The summed E-state index contributed by atoms with van der Waals surface area (Å²) in [6.07, 6.45) is -0.465. The summed E-state index contributed by atoms with van der Waals surface area (Å²) in [5.74, 6) is 0.826. The van der Waals surface area contributed by atoms with E-state index in [1.54, 1.807) is 6.92 Å². The minimum absolute atomic E-state index is 0.0130. The molecule has 1 aromatic carbocycles. The lowest BCUT2D eigenvalue weighted by Gasteiger charge is -2.26. The van der Waals surface area contributed by atoms with Gasteiger partial charge in [-0.3, -0.25) is 10.1 Å². The van der Waals surface area contributed by atoms with Crippen molar-refractivity contribution in [1.82, 2.24) is 0 Å². The van der Waals surface area contributed by atoms with Gasteiger partial charge in [-0.05, 0) is 13.0 Å². The number of benzene rings is 1. The summed E-state index contributed by atoms with van der Waals surface area (Å²) < 4.78 is 10.8. The predicted molar refractivity (Wildman–Crippen MR) is 54.8 cm³/mol. The maximum atomic E-state index is 10.7. The summed E-state index contributed by atoms with van der Waals surface area (Å²) in [5.41, 5.74) is 0.404. The molecule has 1 aliphatic heterocycles. The van der Waals surface area contributed by atoms with E-state index in [4.69, 9.17) is 14.6 Å². The van der Waals surface area contributed by atoms with Gasteiger partial charge in [0.05, 0.1) is 17.1 Å². The molecule has 0 aromatic heterocycles. The normalized spacial score (nSPS) is 18.2. The van der Waals surface area contributed by atoms with Crippen LogP contribution < -0.4 is 9.47 Å². The Morgan fingerprint density at radius 2 is 2.38 bits per heavy atom. The highest BCUT2D eigenvalue weighted by molar-refractivity contribution is 5.57. The molecule has 86 valence electrons. The van der Waals surface area contributed by atoms with Crippen molar-refractivity contribution in [3.63, 3.8) is 0 Å². The van der Waals surface area contributed by atoms with Crippen molar-refractivity contribution in [2.75, 3.05) is 13.2 Å². The van der Waals surface area contributed by atoms with Crippen LogP contribution in [0, 0.1) is 17.0 Å². The Morgan fingerprint density at radius 3 is 3.00 bits per heavy atom. The molecule has 1 unspecified atom stereocenters. The molecular formula is C10H11NO5. The Balaban J connectivity index is 2.43. The molecule has 1 aromatic rings. The second-order valence-electron chi connectivity index (χ2n) is 3.53. The highest BCUT2D eigenvalue weighted by Gasteiger charge is 2.26. The SMILES string of the molecule is Cc1c([N+](=O)[O-])ccc2c1OC(CO)CO2. The monoisotopic (exact) mass is 225 g/mol. The van der Waals surface area contributed by atoms with Gasteiger partial charge in [0.1, 0.15) is 6.61 Å². The van der Waals surface area contributed by atoms with Gasteiger partial charge >= 0.3 is 0 Å². The Bertz CT molecular complexity index is 431. The van der Waals surface area contributed by atoms with Crippen molar-refractivity contribution in [2.24, 2.45) is 0 Å². The van der Waals surface area contributed by atoms with Gasteiger partial charge in [-0.25, -0.2) is 0 Å². The molecule has 0 saturated carbocycles. The molecule has 1 atom stereocenters. The van der Waals surface area contributed by atoms with E-state index in [1.807, 2.05) is 0 Å². The fraction of sp³-hybridized carbons (Fsp3) is 0.400. The van der Waals surface area contributed by atoms with Crippen molar-refractivity contribution < 1.29 is 19.5 Å². The van der Waals surface area contributed by atoms with Crippen LogP contribution in [0.1, 0.15) is 5.56 Å². The molecule has 2 rings (SSSR count). The first-order chi connectivity index (χ1) is 7.63. The molecular weight excluding hydrogens is 214 g/mol. The minimum atomic E-state index is -0.471. The van der Waals surface area contributed by atoms with Crippen molar-refractivity contribution in [1.29, 1.82) is 0 Å². The average Bonchev–Trinajstić information content (AvgIpc) is 2.28. The van der Waals surface area contributed by atoms with Gasteiger partial charge in [-0.2, -0.15) is 0 Å². The van der Waals surface area contributed by atoms with E-state index in [2.05, 4.69) is 0 Å².